The molecule has 0 unspecified atom stereocenters. The highest BCUT2D eigenvalue weighted by Gasteiger charge is 2.75. The molecule has 276 valence electrons. The number of carbonyl (C=O) groups excluding carboxylic acids is 4. The van der Waals surface area contributed by atoms with Crippen molar-refractivity contribution in [3.63, 3.8) is 0 Å². The molecule has 7 nitrogen and oxygen atoms in total. The Hall–Kier alpha value is -4.34. The maximum atomic E-state index is 17.5. The van der Waals surface area contributed by atoms with Crippen LogP contribution in [0.2, 0.25) is 0 Å². The Balaban J connectivity index is 0.911. The summed E-state index contributed by atoms with van der Waals surface area (Å²) < 4.78 is 38.0. The van der Waals surface area contributed by atoms with Crippen LogP contribution in [0.15, 0.2) is 84.5 Å². The van der Waals surface area contributed by atoms with Gasteiger partial charge in [0.1, 0.15) is 17.2 Å². The Morgan fingerprint density at radius 2 is 1.72 bits per heavy atom. The Bertz CT molecular complexity index is 2120. The third kappa shape index (κ3) is 5.17. The van der Waals surface area contributed by atoms with Gasteiger partial charge in [0.25, 0.3) is 0 Å². The van der Waals surface area contributed by atoms with E-state index < -0.39 is 64.3 Å². The SMILES string of the molecule is C[C@@H]1C[C@H]2[C@@H]3CCC4=CC(=O)C=C[C@]4(C)[C@@]3(F)[C@@H](O)C[C@]2(C)[C@@]1(O)C(=O)COC(=O)c1ccc([C@@H]2C[C@H]2C(=O)Cc2ccc3ccccc3c2F)cc1. The summed E-state index contributed by atoms with van der Waals surface area (Å²) in [7, 11) is 0. The molecule has 4 saturated carbocycles. The van der Waals surface area contributed by atoms with Crippen molar-refractivity contribution in [3.8, 4) is 0 Å². The highest BCUT2D eigenvalue weighted by Crippen LogP contribution is 2.70. The Kier molecular flexibility index (Phi) is 8.31. The van der Waals surface area contributed by atoms with Gasteiger partial charge in [-0.2, -0.15) is 0 Å². The van der Waals surface area contributed by atoms with Crippen molar-refractivity contribution in [3.05, 3.63) is 107 Å². The number of Topliss-reactive ketones (excluding diaryl/α,β-unsaturated/α-hetero) is 2. The molecule has 0 bridgehead atoms. The van der Waals surface area contributed by atoms with E-state index in [9.17, 15) is 29.4 Å². The second kappa shape index (κ2) is 12.4. The highest BCUT2D eigenvalue weighted by molar-refractivity contribution is 6.01. The average molecular weight is 723 g/mol. The number of alkyl halides is 1. The van der Waals surface area contributed by atoms with Crippen LogP contribution < -0.4 is 0 Å². The standard InChI is InChI=1S/C44H44F2O7/c1-24-18-35-34-15-14-29-20-30(47)16-17-41(29,2)43(34,46)37(49)22-42(35,3)44(24,52)38(50)23-53-40(51)27-11-8-26(9-12-27)32-21-33(32)36(48)19-28-13-10-25-6-4-5-7-31(25)39(28)45/h4-13,16-17,20,24,32-35,37,49,52H,14-15,18-19,21-23H2,1-3H3/t24-,32+,33-,34+,35+,37+,41+,42+,43+,44+/m1/s1. The molecule has 0 radical (unpaired) electrons. The highest BCUT2D eigenvalue weighted by atomic mass is 19.1. The fourth-order valence-electron chi connectivity index (χ4n) is 11.0. The van der Waals surface area contributed by atoms with Gasteiger partial charge in [0, 0.05) is 34.5 Å². The zero-order chi connectivity index (χ0) is 37.7. The van der Waals surface area contributed by atoms with Crippen molar-refractivity contribution in [2.45, 2.75) is 82.6 Å². The van der Waals surface area contributed by atoms with Gasteiger partial charge in [-0.25, -0.2) is 13.6 Å². The summed E-state index contributed by atoms with van der Waals surface area (Å²) in [6.07, 6.45) is 4.57. The van der Waals surface area contributed by atoms with Gasteiger partial charge >= 0.3 is 5.97 Å². The molecular formula is C44H44F2O7. The van der Waals surface area contributed by atoms with E-state index in [0.717, 1.165) is 10.9 Å². The normalized spacial score (nSPS) is 37.0. The first-order valence-corrected chi connectivity index (χ1v) is 18.7. The molecule has 0 aliphatic heterocycles. The lowest BCUT2D eigenvalue weighted by atomic mass is 9.44. The van der Waals surface area contributed by atoms with Crippen molar-refractivity contribution in [2.75, 3.05) is 6.61 Å². The van der Waals surface area contributed by atoms with Crippen LogP contribution in [-0.2, 0) is 25.5 Å². The van der Waals surface area contributed by atoms with Gasteiger partial charge < -0.3 is 14.9 Å². The van der Waals surface area contributed by atoms with Crippen LogP contribution in [0, 0.1) is 40.3 Å². The maximum absolute atomic E-state index is 17.5. The Morgan fingerprint density at radius 1 is 0.981 bits per heavy atom. The molecule has 0 saturated heterocycles. The molecule has 9 heteroatoms. The molecule has 3 aromatic rings. The monoisotopic (exact) mass is 722 g/mol. The summed E-state index contributed by atoms with van der Waals surface area (Å²) in [6.45, 7) is 4.52. The predicted molar refractivity (Wildman–Crippen MR) is 193 cm³/mol. The first-order chi connectivity index (χ1) is 25.1. The van der Waals surface area contributed by atoms with Gasteiger partial charge in [-0.05, 0) is 97.6 Å². The van der Waals surface area contributed by atoms with Gasteiger partial charge in [-0.1, -0.05) is 74.0 Å². The fraction of sp³-hybridized carbons (Fsp3) is 0.455. The summed E-state index contributed by atoms with van der Waals surface area (Å²) in [5.41, 5.74) is -4.32. The third-order valence-electron chi connectivity index (χ3n) is 14.1. The molecule has 0 heterocycles. The molecule has 0 aromatic heterocycles. The van der Waals surface area contributed by atoms with E-state index in [0.29, 0.717) is 42.2 Å². The Labute approximate surface area is 307 Å². The van der Waals surface area contributed by atoms with Gasteiger partial charge in [0.2, 0.25) is 5.78 Å². The topological polar surface area (TPSA) is 118 Å². The minimum absolute atomic E-state index is 0.00641. The van der Waals surface area contributed by atoms with Crippen LogP contribution in [-0.4, -0.2) is 57.5 Å². The first kappa shape index (κ1) is 35.7. The van der Waals surface area contributed by atoms with Gasteiger partial charge in [0.15, 0.2) is 18.1 Å². The number of allylic oxidation sites excluding steroid dienone is 4. The van der Waals surface area contributed by atoms with Crippen molar-refractivity contribution in [1.29, 1.82) is 0 Å². The van der Waals surface area contributed by atoms with E-state index >= 15 is 8.78 Å². The molecule has 8 rings (SSSR count). The molecule has 0 amide bonds. The first-order valence-electron chi connectivity index (χ1n) is 18.7. The molecule has 5 aliphatic carbocycles. The lowest BCUT2D eigenvalue weighted by molar-refractivity contribution is -0.219. The molecular weight excluding hydrogens is 678 g/mol. The largest absolute Gasteiger partial charge is 0.454 e. The summed E-state index contributed by atoms with van der Waals surface area (Å²) in [5, 5.41) is 25.1. The van der Waals surface area contributed by atoms with Crippen molar-refractivity contribution in [1.82, 2.24) is 0 Å². The van der Waals surface area contributed by atoms with Crippen LogP contribution in [0.25, 0.3) is 10.8 Å². The second-order valence-corrected chi connectivity index (χ2v) is 16.6. The Morgan fingerprint density at radius 3 is 2.47 bits per heavy atom. The van der Waals surface area contributed by atoms with Crippen LogP contribution in [0.1, 0.15) is 80.3 Å². The minimum atomic E-state index is -2.09. The van der Waals surface area contributed by atoms with E-state index in [-0.39, 0.29) is 47.6 Å². The van der Waals surface area contributed by atoms with Crippen LogP contribution in [0.5, 0.6) is 0 Å². The quantitative estimate of drug-likeness (QED) is 0.241. The van der Waals surface area contributed by atoms with Gasteiger partial charge in [-0.3, -0.25) is 14.4 Å². The van der Waals surface area contributed by atoms with E-state index in [1.165, 1.54) is 12.2 Å². The predicted octanol–water partition coefficient (Wildman–Crippen LogP) is 6.97. The molecule has 3 aromatic carbocycles. The van der Waals surface area contributed by atoms with Gasteiger partial charge in [0.05, 0.1) is 11.7 Å². The molecule has 5 aliphatic rings. The molecule has 10 atom stereocenters. The number of carbonyl (C=O) groups is 4. The fourth-order valence-corrected chi connectivity index (χ4v) is 11.0. The van der Waals surface area contributed by atoms with Crippen molar-refractivity contribution in [2.24, 2.45) is 34.5 Å². The number of fused-ring (bicyclic) bond motifs is 6. The lowest BCUT2D eigenvalue weighted by Crippen LogP contribution is -2.69. The van der Waals surface area contributed by atoms with E-state index in [4.69, 9.17) is 4.74 Å². The number of esters is 1. The van der Waals surface area contributed by atoms with E-state index in [2.05, 4.69) is 0 Å². The number of halogens is 2. The maximum Gasteiger partial charge on any atom is 0.338 e. The van der Waals surface area contributed by atoms with E-state index in [1.54, 1.807) is 69.3 Å². The number of hydrogen-bond donors (Lipinski definition) is 2. The number of benzene rings is 3. The summed E-state index contributed by atoms with van der Waals surface area (Å²) in [4.78, 5) is 52.2. The molecule has 53 heavy (non-hydrogen) atoms. The van der Waals surface area contributed by atoms with Gasteiger partial charge in [-0.15, -0.1) is 0 Å². The van der Waals surface area contributed by atoms with Crippen LogP contribution >= 0.6 is 0 Å². The number of aliphatic hydroxyl groups excluding tert-OH is 1. The lowest BCUT2D eigenvalue weighted by Gasteiger charge is -2.62. The summed E-state index contributed by atoms with van der Waals surface area (Å²) >= 11 is 0. The number of rotatable bonds is 8. The number of ketones is 3. The number of hydrogen-bond acceptors (Lipinski definition) is 7. The minimum Gasteiger partial charge on any atom is -0.454 e. The smallest absolute Gasteiger partial charge is 0.338 e. The molecule has 2 N–H and O–H groups in total. The molecule has 0 spiro atoms. The van der Waals surface area contributed by atoms with E-state index in [1.807, 2.05) is 18.2 Å². The number of ether oxygens (including phenoxy) is 1. The van der Waals surface area contributed by atoms with Crippen molar-refractivity contribution < 1.29 is 42.9 Å². The zero-order valence-corrected chi connectivity index (χ0v) is 30.1. The molecule has 4 fully saturated rings. The second-order valence-electron chi connectivity index (χ2n) is 16.6. The van der Waals surface area contributed by atoms with Crippen LogP contribution in [0.4, 0.5) is 8.78 Å². The summed E-state index contributed by atoms with van der Waals surface area (Å²) in [5.74, 6) is -4.01. The van der Waals surface area contributed by atoms with Crippen LogP contribution in [0.3, 0.4) is 0 Å². The van der Waals surface area contributed by atoms with Crippen molar-refractivity contribution >= 4 is 34.1 Å². The summed E-state index contributed by atoms with van der Waals surface area (Å²) in [6, 6.07) is 17.3. The number of aliphatic hydroxyl groups is 2. The zero-order valence-electron chi connectivity index (χ0n) is 30.1. The third-order valence-corrected chi connectivity index (χ3v) is 14.1. The average Bonchev–Trinajstić information content (AvgIpc) is 3.92.